The number of carbonyl (C=O) groups is 2. The monoisotopic (exact) mass is 360 g/mol. The number of ether oxygens (including phenoxy) is 1. The number of nitrogens with one attached hydrogen (secondary N) is 2. The molecular formula is C18H17ClN2O4. The van der Waals surface area contributed by atoms with E-state index in [9.17, 15) is 14.4 Å². The first-order chi connectivity index (χ1) is 12.0. The van der Waals surface area contributed by atoms with Crippen LogP contribution in [0.1, 0.15) is 34.8 Å². The number of aromatic nitrogens is 1. The molecule has 1 aliphatic carbocycles. The number of pyridine rings is 1. The molecule has 0 radical (unpaired) electrons. The standard InChI is InChI=1S/C18H17ClN2O4/c19-14-8-13(9-15(22)20-14)18(24)25-10-16(23)21-17(12-6-7-12)11-4-2-1-3-5-11/h1-5,8-9,12,17H,6-7,10H2,(H,20,22)(H,21,23). The predicted molar refractivity (Wildman–Crippen MR) is 92.4 cm³/mol. The second-order valence-corrected chi connectivity index (χ2v) is 6.36. The fourth-order valence-electron chi connectivity index (χ4n) is 2.62. The molecule has 1 amide bonds. The average molecular weight is 361 g/mol. The number of H-pyrrole nitrogens is 1. The van der Waals surface area contributed by atoms with Crippen molar-refractivity contribution in [2.45, 2.75) is 18.9 Å². The van der Waals surface area contributed by atoms with Crippen LogP contribution >= 0.6 is 11.6 Å². The Bertz CT molecular complexity index is 830. The lowest BCUT2D eigenvalue weighted by Crippen LogP contribution is -2.33. The van der Waals surface area contributed by atoms with Gasteiger partial charge in [-0.15, -0.1) is 0 Å². The number of carbonyl (C=O) groups excluding carboxylic acids is 2. The van der Waals surface area contributed by atoms with E-state index >= 15 is 0 Å². The topological polar surface area (TPSA) is 88.3 Å². The molecule has 1 atom stereocenters. The van der Waals surface area contributed by atoms with Gasteiger partial charge in [-0.05, 0) is 30.4 Å². The van der Waals surface area contributed by atoms with E-state index in [2.05, 4.69) is 10.3 Å². The first kappa shape index (κ1) is 17.2. The lowest BCUT2D eigenvalue weighted by Gasteiger charge is -2.18. The number of halogens is 1. The molecule has 0 saturated heterocycles. The summed E-state index contributed by atoms with van der Waals surface area (Å²) in [5.41, 5.74) is 0.524. The van der Waals surface area contributed by atoms with Gasteiger partial charge >= 0.3 is 5.97 Å². The number of hydrogen-bond donors (Lipinski definition) is 2. The number of aromatic amines is 1. The van der Waals surface area contributed by atoms with Crippen LogP contribution in [0.3, 0.4) is 0 Å². The molecule has 1 aliphatic rings. The summed E-state index contributed by atoms with van der Waals surface area (Å²) in [5.74, 6) is -0.746. The second kappa shape index (κ2) is 7.53. The molecule has 0 aliphatic heterocycles. The molecule has 1 heterocycles. The van der Waals surface area contributed by atoms with Crippen molar-refractivity contribution >= 4 is 23.5 Å². The van der Waals surface area contributed by atoms with Gasteiger partial charge < -0.3 is 15.0 Å². The smallest absolute Gasteiger partial charge is 0.338 e. The van der Waals surface area contributed by atoms with Gasteiger partial charge in [-0.25, -0.2) is 4.79 Å². The van der Waals surface area contributed by atoms with Crippen molar-refractivity contribution in [3.8, 4) is 0 Å². The van der Waals surface area contributed by atoms with Gasteiger partial charge in [0.05, 0.1) is 11.6 Å². The summed E-state index contributed by atoms with van der Waals surface area (Å²) in [7, 11) is 0. The Labute approximate surface area is 149 Å². The van der Waals surface area contributed by atoms with Crippen molar-refractivity contribution in [2.24, 2.45) is 5.92 Å². The molecule has 2 N–H and O–H groups in total. The molecule has 6 nitrogen and oxygen atoms in total. The van der Waals surface area contributed by atoms with E-state index in [4.69, 9.17) is 16.3 Å². The number of rotatable bonds is 6. The SMILES string of the molecule is O=C(COC(=O)c1cc(Cl)[nH]c(=O)c1)NC(c1ccccc1)C1CC1. The van der Waals surface area contributed by atoms with Crippen LogP contribution in [-0.4, -0.2) is 23.5 Å². The van der Waals surface area contributed by atoms with Crippen molar-refractivity contribution in [1.82, 2.24) is 10.3 Å². The van der Waals surface area contributed by atoms with Crippen LogP contribution in [0.5, 0.6) is 0 Å². The fourth-order valence-corrected chi connectivity index (χ4v) is 2.83. The minimum atomic E-state index is -0.772. The Hall–Kier alpha value is -2.60. The second-order valence-electron chi connectivity index (χ2n) is 5.95. The highest BCUT2D eigenvalue weighted by molar-refractivity contribution is 6.29. The molecule has 1 fully saturated rings. The van der Waals surface area contributed by atoms with E-state index < -0.39 is 18.1 Å². The Morgan fingerprint density at radius 3 is 2.60 bits per heavy atom. The zero-order chi connectivity index (χ0) is 17.8. The fraction of sp³-hybridized carbons (Fsp3) is 0.278. The third-order valence-electron chi connectivity index (χ3n) is 3.95. The predicted octanol–water partition coefficient (Wildman–Crippen LogP) is 2.45. The molecule has 1 aromatic carbocycles. The van der Waals surface area contributed by atoms with Crippen LogP contribution < -0.4 is 10.9 Å². The third kappa shape index (κ3) is 4.70. The quantitative estimate of drug-likeness (QED) is 0.611. The summed E-state index contributed by atoms with van der Waals surface area (Å²) < 4.78 is 4.97. The van der Waals surface area contributed by atoms with E-state index in [1.807, 2.05) is 30.3 Å². The van der Waals surface area contributed by atoms with Gasteiger partial charge in [0, 0.05) is 6.07 Å². The lowest BCUT2D eigenvalue weighted by atomic mass is 10.0. The molecule has 1 aromatic heterocycles. The molecule has 1 saturated carbocycles. The Balaban J connectivity index is 1.58. The van der Waals surface area contributed by atoms with Crippen molar-refractivity contribution in [1.29, 1.82) is 0 Å². The number of hydrogen-bond acceptors (Lipinski definition) is 4. The summed E-state index contributed by atoms with van der Waals surface area (Å²) in [6.45, 7) is -0.417. The van der Waals surface area contributed by atoms with Crippen molar-refractivity contribution in [2.75, 3.05) is 6.61 Å². The highest BCUT2D eigenvalue weighted by Gasteiger charge is 2.33. The summed E-state index contributed by atoms with van der Waals surface area (Å²) in [4.78, 5) is 37.7. The Morgan fingerprint density at radius 2 is 1.96 bits per heavy atom. The van der Waals surface area contributed by atoms with Crippen LogP contribution in [-0.2, 0) is 9.53 Å². The Morgan fingerprint density at radius 1 is 1.24 bits per heavy atom. The summed E-state index contributed by atoms with van der Waals surface area (Å²) in [5, 5.41) is 2.94. The maximum absolute atomic E-state index is 12.1. The van der Waals surface area contributed by atoms with E-state index in [0.29, 0.717) is 5.92 Å². The molecular weight excluding hydrogens is 344 g/mol. The lowest BCUT2D eigenvalue weighted by molar-refractivity contribution is -0.125. The van der Waals surface area contributed by atoms with Crippen LogP contribution in [0.15, 0.2) is 47.3 Å². The van der Waals surface area contributed by atoms with Crippen LogP contribution in [0.25, 0.3) is 0 Å². The zero-order valence-corrected chi connectivity index (χ0v) is 14.1. The number of benzene rings is 1. The summed E-state index contributed by atoms with van der Waals surface area (Å²) >= 11 is 5.69. The molecule has 1 unspecified atom stereocenters. The number of esters is 1. The van der Waals surface area contributed by atoms with Gasteiger partial charge in [-0.1, -0.05) is 41.9 Å². The van der Waals surface area contributed by atoms with Gasteiger partial charge in [0.1, 0.15) is 5.15 Å². The highest BCUT2D eigenvalue weighted by atomic mass is 35.5. The number of amides is 1. The van der Waals surface area contributed by atoms with Gasteiger partial charge in [0.2, 0.25) is 5.56 Å². The largest absolute Gasteiger partial charge is 0.452 e. The Kier molecular flexibility index (Phi) is 5.19. The van der Waals surface area contributed by atoms with E-state index in [1.54, 1.807) is 0 Å². The van der Waals surface area contributed by atoms with E-state index in [0.717, 1.165) is 24.5 Å². The maximum Gasteiger partial charge on any atom is 0.338 e. The van der Waals surface area contributed by atoms with Crippen LogP contribution in [0.2, 0.25) is 5.15 Å². The molecule has 25 heavy (non-hydrogen) atoms. The van der Waals surface area contributed by atoms with Crippen LogP contribution in [0, 0.1) is 5.92 Å². The average Bonchev–Trinajstić information content (AvgIpc) is 3.42. The molecule has 0 bridgehead atoms. The first-order valence-corrected chi connectivity index (χ1v) is 8.32. The van der Waals surface area contributed by atoms with Crippen LogP contribution in [0.4, 0.5) is 0 Å². The van der Waals surface area contributed by atoms with Crippen molar-refractivity contribution in [3.63, 3.8) is 0 Å². The van der Waals surface area contributed by atoms with Crippen molar-refractivity contribution < 1.29 is 14.3 Å². The van der Waals surface area contributed by atoms with Gasteiger partial charge in [-0.3, -0.25) is 9.59 Å². The van der Waals surface area contributed by atoms with Gasteiger partial charge in [0.15, 0.2) is 6.61 Å². The molecule has 0 spiro atoms. The van der Waals surface area contributed by atoms with Gasteiger partial charge in [0.25, 0.3) is 5.91 Å². The maximum atomic E-state index is 12.1. The molecule has 130 valence electrons. The minimum Gasteiger partial charge on any atom is -0.452 e. The minimum absolute atomic E-state index is 0.00310. The third-order valence-corrected chi connectivity index (χ3v) is 4.15. The highest BCUT2D eigenvalue weighted by Crippen LogP contribution is 2.40. The van der Waals surface area contributed by atoms with E-state index in [1.165, 1.54) is 6.07 Å². The van der Waals surface area contributed by atoms with Crippen molar-refractivity contribution in [3.05, 3.63) is 69.1 Å². The molecule has 7 heteroatoms. The van der Waals surface area contributed by atoms with Gasteiger partial charge in [-0.2, -0.15) is 0 Å². The zero-order valence-electron chi connectivity index (χ0n) is 13.3. The van der Waals surface area contributed by atoms with E-state index in [-0.39, 0.29) is 22.7 Å². The summed E-state index contributed by atoms with van der Waals surface area (Å²) in [6.07, 6.45) is 2.12. The normalized spacial score (nSPS) is 14.6. The molecule has 3 rings (SSSR count). The molecule has 2 aromatic rings. The first-order valence-electron chi connectivity index (χ1n) is 7.94. The summed E-state index contributed by atoms with van der Waals surface area (Å²) in [6, 6.07) is 12.0.